The van der Waals surface area contributed by atoms with Gasteiger partial charge in [0, 0.05) is 55.0 Å². The highest BCUT2D eigenvalue weighted by molar-refractivity contribution is 8.00. The summed E-state index contributed by atoms with van der Waals surface area (Å²) in [7, 11) is 0. The normalized spacial score (nSPS) is 31.7. The molecule has 0 saturated carbocycles. The van der Waals surface area contributed by atoms with Crippen molar-refractivity contribution in [3.05, 3.63) is 30.3 Å². The summed E-state index contributed by atoms with van der Waals surface area (Å²) in [6.45, 7) is 7.65. The quantitative estimate of drug-likeness (QED) is 0.924. The molecule has 1 aromatic carbocycles. The molecule has 2 aliphatic heterocycles. The minimum atomic E-state index is 0.257. The summed E-state index contributed by atoms with van der Waals surface area (Å²) in [6.07, 6.45) is 1.25. The van der Waals surface area contributed by atoms with E-state index in [0.29, 0.717) is 0 Å². The maximum Gasteiger partial charge on any atom is 0.0433 e. The van der Waals surface area contributed by atoms with Crippen molar-refractivity contribution < 1.29 is 0 Å². The zero-order chi connectivity index (χ0) is 14.0. The van der Waals surface area contributed by atoms with Crippen LogP contribution in [0.15, 0.2) is 30.3 Å². The van der Waals surface area contributed by atoms with Gasteiger partial charge in [0.25, 0.3) is 0 Å². The maximum atomic E-state index is 6.14. The molecule has 0 radical (unpaired) electrons. The van der Waals surface area contributed by atoms with Crippen molar-refractivity contribution >= 4 is 17.4 Å². The second kappa shape index (κ2) is 5.96. The van der Waals surface area contributed by atoms with Crippen LogP contribution in [0.2, 0.25) is 0 Å². The number of benzene rings is 1. The number of nitrogens with zero attached hydrogens (tertiary/aromatic N) is 2. The van der Waals surface area contributed by atoms with E-state index in [1.165, 1.54) is 17.9 Å². The number of thioether (sulfide) groups is 1. The first-order chi connectivity index (χ1) is 9.73. The fraction of sp³-hybridized carbons (Fsp3) is 0.625. The lowest BCUT2D eigenvalue weighted by atomic mass is 9.93. The molecule has 3 rings (SSSR count). The predicted octanol–water partition coefficient (Wildman–Crippen LogP) is 2.03. The van der Waals surface area contributed by atoms with E-state index in [1.54, 1.807) is 0 Å². The van der Waals surface area contributed by atoms with Gasteiger partial charge in [-0.2, -0.15) is 11.8 Å². The highest BCUT2D eigenvalue weighted by atomic mass is 32.2. The molecule has 2 saturated heterocycles. The average molecular weight is 291 g/mol. The third-order valence-corrected chi connectivity index (χ3v) is 6.20. The Morgan fingerprint density at radius 2 is 1.90 bits per heavy atom. The molecular formula is C16H25N3S. The van der Waals surface area contributed by atoms with E-state index >= 15 is 0 Å². The fourth-order valence-electron chi connectivity index (χ4n) is 3.52. The van der Waals surface area contributed by atoms with E-state index in [-0.39, 0.29) is 5.54 Å². The summed E-state index contributed by atoms with van der Waals surface area (Å²) >= 11 is 2.08. The summed E-state index contributed by atoms with van der Waals surface area (Å²) in [5.41, 5.74) is 7.75. The van der Waals surface area contributed by atoms with Crippen molar-refractivity contribution in [3.8, 4) is 0 Å². The Bertz CT molecular complexity index is 431. The van der Waals surface area contributed by atoms with Crippen LogP contribution in [-0.4, -0.2) is 54.2 Å². The zero-order valence-electron chi connectivity index (χ0n) is 12.3. The average Bonchev–Trinajstić information content (AvgIpc) is 2.91. The second-order valence-electron chi connectivity index (χ2n) is 6.06. The number of rotatable bonds is 3. The third kappa shape index (κ3) is 2.69. The van der Waals surface area contributed by atoms with Crippen molar-refractivity contribution in [2.24, 2.45) is 5.73 Å². The van der Waals surface area contributed by atoms with Crippen LogP contribution in [0, 0.1) is 0 Å². The van der Waals surface area contributed by atoms with Crippen LogP contribution in [0.5, 0.6) is 0 Å². The molecule has 3 nitrogen and oxygen atoms in total. The minimum absolute atomic E-state index is 0.257. The number of para-hydroxylation sites is 1. The van der Waals surface area contributed by atoms with Crippen molar-refractivity contribution in [3.63, 3.8) is 0 Å². The van der Waals surface area contributed by atoms with Crippen LogP contribution in [0.4, 0.5) is 5.69 Å². The first kappa shape index (κ1) is 14.2. The molecule has 0 amide bonds. The summed E-state index contributed by atoms with van der Waals surface area (Å²) in [4.78, 5) is 5.15. The summed E-state index contributed by atoms with van der Waals surface area (Å²) in [5.74, 6) is 1.20. The van der Waals surface area contributed by atoms with Gasteiger partial charge in [0.1, 0.15) is 0 Å². The van der Waals surface area contributed by atoms with Crippen molar-refractivity contribution in [2.45, 2.75) is 24.1 Å². The largest absolute Gasteiger partial charge is 0.369 e. The van der Waals surface area contributed by atoms with Gasteiger partial charge < -0.3 is 10.6 Å². The highest BCUT2D eigenvalue weighted by Gasteiger charge is 2.42. The second-order valence-corrected chi connectivity index (χ2v) is 7.49. The van der Waals surface area contributed by atoms with Crippen LogP contribution >= 0.6 is 11.8 Å². The smallest absolute Gasteiger partial charge is 0.0433 e. The van der Waals surface area contributed by atoms with Crippen molar-refractivity contribution in [1.82, 2.24) is 4.90 Å². The lowest BCUT2D eigenvalue weighted by Gasteiger charge is -2.46. The number of piperazine rings is 1. The summed E-state index contributed by atoms with van der Waals surface area (Å²) < 4.78 is 0. The van der Waals surface area contributed by atoms with Gasteiger partial charge in [0.2, 0.25) is 0 Å². The predicted molar refractivity (Wildman–Crippen MR) is 88.6 cm³/mol. The molecule has 2 aliphatic rings. The van der Waals surface area contributed by atoms with E-state index in [0.717, 1.165) is 38.0 Å². The molecule has 20 heavy (non-hydrogen) atoms. The maximum absolute atomic E-state index is 6.14. The Morgan fingerprint density at radius 1 is 1.20 bits per heavy atom. The molecular weight excluding hydrogens is 266 g/mol. The van der Waals surface area contributed by atoms with Gasteiger partial charge in [-0.25, -0.2) is 0 Å². The number of hydrogen-bond acceptors (Lipinski definition) is 4. The Balaban J connectivity index is 1.64. The molecule has 0 aromatic heterocycles. The fourth-order valence-corrected chi connectivity index (χ4v) is 4.96. The molecule has 2 atom stereocenters. The van der Waals surface area contributed by atoms with Gasteiger partial charge in [-0.15, -0.1) is 0 Å². The van der Waals surface area contributed by atoms with E-state index < -0.39 is 0 Å². The first-order valence-corrected chi connectivity index (χ1v) is 8.65. The molecule has 2 unspecified atom stereocenters. The van der Waals surface area contributed by atoms with Gasteiger partial charge in [0.15, 0.2) is 0 Å². The van der Waals surface area contributed by atoms with Gasteiger partial charge >= 0.3 is 0 Å². The number of hydrogen-bond donors (Lipinski definition) is 1. The topological polar surface area (TPSA) is 32.5 Å². The van der Waals surface area contributed by atoms with Crippen LogP contribution in [0.1, 0.15) is 13.3 Å². The Hall–Kier alpha value is -0.710. The van der Waals surface area contributed by atoms with Crippen LogP contribution in [-0.2, 0) is 0 Å². The van der Waals surface area contributed by atoms with E-state index in [9.17, 15) is 0 Å². The van der Waals surface area contributed by atoms with Gasteiger partial charge in [-0.1, -0.05) is 25.1 Å². The van der Waals surface area contributed by atoms with Crippen molar-refractivity contribution in [2.75, 3.05) is 43.4 Å². The Kier molecular flexibility index (Phi) is 4.24. The number of anilines is 1. The molecule has 110 valence electrons. The lowest BCUT2D eigenvalue weighted by molar-refractivity contribution is 0.105. The van der Waals surface area contributed by atoms with E-state index in [4.69, 9.17) is 5.73 Å². The molecule has 1 aromatic rings. The Labute approximate surface area is 126 Å². The molecule has 2 N–H and O–H groups in total. The lowest BCUT2D eigenvalue weighted by Crippen LogP contribution is -2.60. The summed E-state index contributed by atoms with van der Waals surface area (Å²) in [5, 5.41) is 0.755. The molecule has 2 heterocycles. The SMILES string of the molecule is CC1CC(CN)(N2CCN(c3ccccc3)CC2)CS1. The van der Waals surface area contributed by atoms with E-state index in [1.807, 2.05) is 0 Å². The molecule has 2 fully saturated rings. The van der Waals surface area contributed by atoms with Crippen LogP contribution < -0.4 is 10.6 Å². The monoisotopic (exact) mass is 291 g/mol. The summed E-state index contributed by atoms with van der Waals surface area (Å²) in [6, 6.07) is 10.8. The van der Waals surface area contributed by atoms with Gasteiger partial charge in [-0.3, -0.25) is 4.90 Å². The van der Waals surface area contributed by atoms with Crippen LogP contribution in [0.25, 0.3) is 0 Å². The van der Waals surface area contributed by atoms with Crippen LogP contribution in [0.3, 0.4) is 0 Å². The first-order valence-electron chi connectivity index (χ1n) is 7.60. The number of nitrogens with two attached hydrogens (primary N) is 1. The standard InChI is InChI=1S/C16H25N3S/c1-14-11-16(12-17,13-20-14)19-9-7-18(8-10-19)15-5-3-2-4-6-15/h2-6,14H,7-13,17H2,1H3. The third-order valence-electron chi connectivity index (χ3n) is 4.76. The van der Waals surface area contributed by atoms with Gasteiger partial charge in [-0.05, 0) is 18.6 Å². The van der Waals surface area contributed by atoms with Gasteiger partial charge in [0.05, 0.1) is 0 Å². The minimum Gasteiger partial charge on any atom is -0.369 e. The van der Waals surface area contributed by atoms with Crippen molar-refractivity contribution in [1.29, 1.82) is 0 Å². The Morgan fingerprint density at radius 3 is 2.45 bits per heavy atom. The molecule has 4 heteroatoms. The van der Waals surface area contributed by atoms with E-state index in [2.05, 4.69) is 58.8 Å². The molecule has 0 spiro atoms. The molecule has 0 aliphatic carbocycles. The molecule has 0 bridgehead atoms. The highest BCUT2D eigenvalue weighted by Crippen LogP contribution is 2.38. The zero-order valence-corrected chi connectivity index (χ0v) is 13.1.